The third kappa shape index (κ3) is 4.55. The first-order valence-corrected chi connectivity index (χ1v) is 11.3. The lowest BCUT2D eigenvalue weighted by molar-refractivity contribution is -0.137. The molecule has 0 aliphatic carbocycles. The molecule has 0 aliphatic heterocycles. The second-order valence-corrected chi connectivity index (χ2v) is 8.56. The highest BCUT2D eigenvalue weighted by Crippen LogP contribution is 2.31. The van der Waals surface area contributed by atoms with E-state index in [9.17, 15) is 27.2 Å². The Labute approximate surface area is 208 Å². The van der Waals surface area contributed by atoms with E-state index in [1.807, 2.05) is 6.07 Å². The van der Waals surface area contributed by atoms with Crippen LogP contribution < -0.4 is 10.9 Å². The minimum absolute atomic E-state index is 0.160. The van der Waals surface area contributed by atoms with Crippen LogP contribution in [0, 0.1) is 5.82 Å². The van der Waals surface area contributed by atoms with Crippen molar-refractivity contribution in [2.24, 2.45) is 0 Å². The smallest absolute Gasteiger partial charge is 0.344 e. The van der Waals surface area contributed by atoms with Gasteiger partial charge in [-0.05, 0) is 85.1 Å². The number of rotatable bonds is 4. The molecular weight excluding hydrogens is 486 g/mol. The van der Waals surface area contributed by atoms with Crippen molar-refractivity contribution >= 4 is 27.6 Å². The Balaban J connectivity index is 1.66. The van der Waals surface area contributed by atoms with Crippen LogP contribution in [0.5, 0.6) is 0 Å². The van der Waals surface area contributed by atoms with Gasteiger partial charge in [-0.15, -0.1) is 0 Å². The first-order chi connectivity index (χ1) is 17.6. The summed E-state index contributed by atoms with van der Waals surface area (Å²) in [5.74, 6) is -0.976. The molecule has 0 unspecified atom stereocenters. The molecule has 5 rings (SSSR count). The summed E-state index contributed by atoms with van der Waals surface area (Å²) in [6, 6.07) is 17.4. The van der Waals surface area contributed by atoms with Gasteiger partial charge in [-0.1, -0.05) is 6.07 Å². The van der Waals surface area contributed by atoms with E-state index in [-0.39, 0.29) is 28.1 Å². The zero-order valence-corrected chi connectivity index (χ0v) is 19.4. The van der Waals surface area contributed by atoms with Crippen LogP contribution in [0.4, 0.5) is 17.6 Å². The molecule has 2 heterocycles. The number of fused-ring (bicyclic) bond motifs is 3. The zero-order chi connectivity index (χ0) is 26.3. The van der Waals surface area contributed by atoms with E-state index in [1.165, 1.54) is 47.0 Å². The lowest BCUT2D eigenvalue weighted by Gasteiger charge is -2.16. The molecule has 1 N–H and O–H groups in total. The van der Waals surface area contributed by atoms with Gasteiger partial charge in [-0.3, -0.25) is 19.1 Å². The van der Waals surface area contributed by atoms with Gasteiger partial charge in [0.1, 0.15) is 5.82 Å². The third-order valence-electron chi connectivity index (χ3n) is 6.14. The van der Waals surface area contributed by atoms with Gasteiger partial charge in [0.15, 0.2) is 0 Å². The summed E-state index contributed by atoms with van der Waals surface area (Å²) >= 11 is 0. The number of nitrogens with zero attached hydrogens (tertiary/aromatic N) is 2. The number of carbonyl (C=O) groups is 1. The van der Waals surface area contributed by atoms with Crippen molar-refractivity contribution < 1.29 is 22.4 Å². The fourth-order valence-corrected chi connectivity index (χ4v) is 4.29. The molecule has 2 aromatic heterocycles. The lowest BCUT2D eigenvalue weighted by atomic mass is 10.0. The molecule has 0 saturated carbocycles. The van der Waals surface area contributed by atoms with Crippen LogP contribution in [0.1, 0.15) is 34.6 Å². The first-order valence-electron chi connectivity index (χ1n) is 11.3. The Morgan fingerprint density at radius 2 is 1.68 bits per heavy atom. The minimum atomic E-state index is -4.53. The van der Waals surface area contributed by atoms with Gasteiger partial charge in [0, 0.05) is 28.2 Å². The summed E-state index contributed by atoms with van der Waals surface area (Å²) in [6.07, 6.45) is -2.91. The van der Waals surface area contributed by atoms with Gasteiger partial charge in [-0.2, -0.15) is 13.2 Å². The second-order valence-electron chi connectivity index (χ2n) is 8.56. The first kappa shape index (κ1) is 24.2. The van der Waals surface area contributed by atoms with E-state index in [4.69, 9.17) is 0 Å². The summed E-state index contributed by atoms with van der Waals surface area (Å²) in [4.78, 5) is 30.7. The topological polar surface area (TPSA) is 64.0 Å². The maximum atomic E-state index is 14.2. The van der Waals surface area contributed by atoms with Crippen molar-refractivity contribution in [3.8, 4) is 5.69 Å². The van der Waals surface area contributed by atoms with Crippen LogP contribution in [0.3, 0.4) is 0 Å². The maximum Gasteiger partial charge on any atom is 0.416 e. The molecule has 186 valence electrons. The van der Waals surface area contributed by atoms with Crippen molar-refractivity contribution in [2.45, 2.75) is 19.1 Å². The van der Waals surface area contributed by atoms with Crippen LogP contribution in [-0.2, 0) is 6.18 Å². The number of carbonyl (C=O) groups excluding carboxylic acids is 1. The molecule has 0 saturated heterocycles. The summed E-state index contributed by atoms with van der Waals surface area (Å²) in [5, 5.41) is 3.71. The SMILES string of the molecule is C[C@H](NC(=O)c1ccc2c(c1)c1cc(F)ccc1c(=O)n2-c1ccc(C(F)(F)F)cc1)c1ccccn1. The predicted molar refractivity (Wildman–Crippen MR) is 132 cm³/mol. The van der Waals surface area contributed by atoms with Crippen LogP contribution in [0.25, 0.3) is 27.4 Å². The fraction of sp³-hybridized carbons (Fsp3) is 0.107. The number of halogens is 4. The van der Waals surface area contributed by atoms with Gasteiger partial charge in [0.05, 0.1) is 22.8 Å². The van der Waals surface area contributed by atoms with Crippen molar-refractivity contribution in [3.05, 3.63) is 118 Å². The molecule has 9 heteroatoms. The number of aromatic nitrogens is 2. The Morgan fingerprint density at radius 3 is 2.35 bits per heavy atom. The van der Waals surface area contributed by atoms with Crippen LogP contribution in [0.15, 0.2) is 89.9 Å². The monoisotopic (exact) mass is 505 g/mol. The van der Waals surface area contributed by atoms with Crippen LogP contribution in [0.2, 0.25) is 0 Å². The number of benzene rings is 3. The molecule has 5 nitrogen and oxygen atoms in total. The lowest BCUT2D eigenvalue weighted by Crippen LogP contribution is -2.27. The highest BCUT2D eigenvalue weighted by Gasteiger charge is 2.30. The number of nitrogens with one attached hydrogen (secondary N) is 1. The van der Waals surface area contributed by atoms with Crippen molar-refractivity contribution in [1.29, 1.82) is 0 Å². The molecule has 0 radical (unpaired) electrons. The molecule has 0 aliphatic rings. The Bertz CT molecular complexity index is 1700. The number of alkyl halides is 3. The molecule has 0 spiro atoms. The largest absolute Gasteiger partial charge is 0.416 e. The molecular formula is C28H19F4N3O2. The Kier molecular flexibility index (Phi) is 5.99. The van der Waals surface area contributed by atoms with E-state index >= 15 is 0 Å². The zero-order valence-electron chi connectivity index (χ0n) is 19.4. The molecule has 1 atom stereocenters. The highest BCUT2D eigenvalue weighted by atomic mass is 19.4. The summed E-state index contributed by atoms with van der Waals surface area (Å²) in [6.45, 7) is 1.79. The van der Waals surface area contributed by atoms with Crippen molar-refractivity contribution in [3.63, 3.8) is 0 Å². The minimum Gasteiger partial charge on any atom is -0.344 e. The van der Waals surface area contributed by atoms with E-state index in [2.05, 4.69) is 10.3 Å². The fourth-order valence-electron chi connectivity index (χ4n) is 4.29. The molecule has 3 aromatic carbocycles. The average Bonchev–Trinajstić information content (AvgIpc) is 2.88. The highest BCUT2D eigenvalue weighted by molar-refractivity contribution is 6.09. The quantitative estimate of drug-likeness (QED) is 0.234. The summed E-state index contributed by atoms with van der Waals surface area (Å²) in [7, 11) is 0. The number of pyridine rings is 2. The number of amides is 1. The van der Waals surface area contributed by atoms with Crippen molar-refractivity contribution in [1.82, 2.24) is 14.9 Å². The van der Waals surface area contributed by atoms with E-state index < -0.39 is 29.0 Å². The van der Waals surface area contributed by atoms with Gasteiger partial charge in [0.25, 0.3) is 11.5 Å². The second kappa shape index (κ2) is 9.16. The van der Waals surface area contributed by atoms with Gasteiger partial charge in [-0.25, -0.2) is 4.39 Å². The molecule has 1 amide bonds. The maximum absolute atomic E-state index is 14.2. The van der Waals surface area contributed by atoms with E-state index in [0.29, 0.717) is 16.6 Å². The molecule has 37 heavy (non-hydrogen) atoms. The van der Waals surface area contributed by atoms with Gasteiger partial charge < -0.3 is 5.32 Å². The molecule has 5 aromatic rings. The predicted octanol–water partition coefficient (Wildman–Crippen LogP) is 6.19. The van der Waals surface area contributed by atoms with E-state index in [1.54, 1.807) is 25.3 Å². The standard InChI is InChI=1S/C28H19F4N3O2/c1-16(24-4-2-3-13-33-24)34-26(36)17-5-12-25-23(14-17)22-15-19(29)8-11-21(22)27(37)35(25)20-9-6-18(7-10-20)28(30,31)32/h2-16H,1H3,(H,34,36)/t16-/m0/s1. The summed E-state index contributed by atoms with van der Waals surface area (Å²) < 4.78 is 54.7. The molecule has 0 fully saturated rings. The molecule has 0 bridgehead atoms. The summed E-state index contributed by atoms with van der Waals surface area (Å²) in [5.41, 5.74) is 0.0758. The number of hydrogen-bond acceptors (Lipinski definition) is 3. The van der Waals surface area contributed by atoms with Crippen LogP contribution in [-0.4, -0.2) is 15.5 Å². The van der Waals surface area contributed by atoms with Crippen molar-refractivity contribution in [2.75, 3.05) is 0 Å². The Hall–Kier alpha value is -4.53. The average molecular weight is 505 g/mol. The van der Waals surface area contributed by atoms with Gasteiger partial charge >= 0.3 is 6.18 Å². The van der Waals surface area contributed by atoms with Gasteiger partial charge in [0.2, 0.25) is 0 Å². The number of hydrogen-bond donors (Lipinski definition) is 1. The van der Waals surface area contributed by atoms with Crippen LogP contribution >= 0.6 is 0 Å². The Morgan fingerprint density at radius 1 is 0.919 bits per heavy atom. The normalized spacial score (nSPS) is 12.6. The van der Waals surface area contributed by atoms with E-state index in [0.717, 1.165) is 18.2 Å². The third-order valence-corrected chi connectivity index (χ3v) is 6.14.